The molecule has 10 heteroatoms. The Balaban J connectivity index is 1.60. The van der Waals surface area contributed by atoms with E-state index in [-0.39, 0.29) is 23.2 Å². The van der Waals surface area contributed by atoms with Gasteiger partial charge >= 0.3 is 12.1 Å². The van der Waals surface area contributed by atoms with Gasteiger partial charge in [-0.1, -0.05) is 17.7 Å². The lowest BCUT2D eigenvalue weighted by atomic mass is 10.1. The van der Waals surface area contributed by atoms with Crippen molar-refractivity contribution >= 4 is 28.5 Å². The van der Waals surface area contributed by atoms with Crippen LogP contribution in [-0.4, -0.2) is 38.8 Å². The molecule has 1 N–H and O–H groups in total. The van der Waals surface area contributed by atoms with Gasteiger partial charge in [0.25, 0.3) is 0 Å². The lowest BCUT2D eigenvalue weighted by Gasteiger charge is -2.20. The Morgan fingerprint density at radius 2 is 2.03 bits per heavy atom. The number of rotatable bonds is 4. The molecule has 0 bridgehead atoms. The summed E-state index contributed by atoms with van der Waals surface area (Å²) < 4.78 is 56.0. The van der Waals surface area contributed by atoms with Crippen molar-refractivity contribution in [3.63, 3.8) is 0 Å². The van der Waals surface area contributed by atoms with E-state index < -0.39 is 29.1 Å². The first-order valence-corrected chi connectivity index (χ1v) is 9.92. The lowest BCUT2D eigenvalue weighted by molar-refractivity contribution is -0.138. The molecule has 31 heavy (non-hydrogen) atoms. The second-order valence-electron chi connectivity index (χ2n) is 7.66. The van der Waals surface area contributed by atoms with Gasteiger partial charge in [0.15, 0.2) is 0 Å². The lowest BCUT2D eigenvalue weighted by Crippen LogP contribution is -2.23. The van der Waals surface area contributed by atoms with E-state index in [2.05, 4.69) is 5.10 Å². The number of aromatic nitrogens is 2. The number of carboxylic acid groups (broad SMARTS) is 1. The Morgan fingerprint density at radius 3 is 2.71 bits per heavy atom. The number of alkyl halides is 3. The number of fused-ring (bicyclic) bond motifs is 1. The number of likely N-dealkylation sites (tertiary alicyclic amines) is 1. The van der Waals surface area contributed by atoms with Crippen LogP contribution < -0.4 is 0 Å². The second kappa shape index (κ2) is 7.80. The standard InChI is InChI=1S/C21H18ClF4N3O2/c1-11-15-7-16(20(30)31)18(23)8-19(15)29(27-11)14-4-5-28(10-14)9-12-2-3-13(22)6-17(12)21(24,25)26/h2-3,6-8,14H,4-5,9-10H2,1H3,(H,30,31)/t14-/m1/s1. The molecular weight excluding hydrogens is 438 g/mol. The smallest absolute Gasteiger partial charge is 0.416 e. The average Bonchev–Trinajstić information content (AvgIpc) is 3.26. The van der Waals surface area contributed by atoms with Crippen molar-refractivity contribution in [2.24, 2.45) is 0 Å². The molecule has 1 atom stereocenters. The maximum absolute atomic E-state index is 14.2. The predicted molar refractivity (Wildman–Crippen MR) is 107 cm³/mol. The van der Waals surface area contributed by atoms with E-state index in [1.54, 1.807) is 11.6 Å². The van der Waals surface area contributed by atoms with Crippen LogP contribution in [0, 0.1) is 12.7 Å². The zero-order valence-electron chi connectivity index (χ0n) is 16.4. The Bertz CT molecular complexity index is 1180. The van der Waals surface area contributed by atoms with Crippen LogP contribution in [0.1, 0.15) is 39.6 Å². The summed E-state index contributed by atoms with van der Waals surface area (Å²) in [5.41, 5.74) is -0.0174. The highest BCUT2D eigenvalue weighted by Gasteiger charge is 2.35. The maximum Gasteiger partial charge on any atom is 0.416 e. The van der Waals surface area contributed by atoms with E-state index in [0.717, 1.165) is 12.1 Å². The van der Waals surface area contributed by atoms with E-state index in [1.807, 2.05) is 4.90 Å². The third kappa shape index (κ3) is 4.12. The first-order chi connectivity index (χ1) is 14.5. The van der Waals surface area contributed by atoms with Gasteiger partial charge in [0.1, 0.15) is 5.82 Å². The summed E-state index contributed by atoms with van der Waals surface area (Å²) in [4.78, 5) is 13.1. The average molecular weight is 456 g/mol. The van der Waals surface area contributed by atoms with Gasteiger partial charge in [0.2, 0.25) is 0 Å². The Morgan fingerprint density at radius 1 is 1.29 bits per heavy atom. The predicted octanol–water partition coefficient (Wildman–Crippen LogP) is 5.30. The van der Waals surface area contributed by atoms with Gasteiger partial charge in [0, 0.05) is 36.1 Å². The number of benzene rings is 2. The van der Waals surface area contributed by atoms with E-state index >= 15 is 0 Å². The highest BCUT2D eigenvalue weighted by Crippen LogP contribution is 2.36. The van der Waals surface area contributed by atoms with Crippen LogP contribution >= 0.6 is 11.6 Å². The second-order valence-corrected chi connectivity index (χ2v) is 8.10. The molecule has 0 aliphatic carbocycles. The number of hydrogen-bond donors (Lipinski definition) is 1. The number of carboxylic acids is 1. The normalized spacial score (nSPS) is 17.5. The van der Waals surface area contributed by atoms with Crippen LogP contribution in [0.25, 0.3) is 10.9 Å². The summed E-state index contributed by atoms with van der Waals surface area (Å²) in [6.45, 7) is 2.77. The molecule has 0 amide bonds. The zero-order valence-corrected chi connectivity index (χ0v) is 17.1. The van der Waals surface area contributed by atoms with E-state index in [9.17, 15) is 22.4 Å². The van der Waals surface area contributed by atoms with Gasteiger partial charge in [-0.05, 0) is 37.1 Å². The van der Waals surface area contributed by atoms with Gasteiger partial charge in [-0.15, -0.1) is 0 Å². The van der Waals surface area contributed by atoms with E-state index in [0.29, 0.717) is 36.1 Å². The highest BCUT2D eigenvalue weighted by molar-refractivity contribution is 6.30. The minimum Gasteiger partial charge on any atom is -0.478 e. The summed E-state index contributed by atoms with van der Waals surface area (Å²) in [5.74, 6) is -2.21. The van der Waals surface area contributed by atoms with Crippen molar-refractivity contribution < 1.29 is 27.5 Å². The summed E-state index contributed by atoms with van der Waals surface area (Å²) in [6, 6.07) is 6.00. The third-order valence-corrected chi connectivity index (χ3v) is 5.81. The molecule has 2 heterocycles. The van der Waals surface area contributed by atoms with Crippen LogP contribution in [0.3, 0.4) is 0 Å². The Hall–Kier alpha value is -2.65. The third-order valence-electron chi connectivity index (χ3n) is 5.57. The number of aromatic carboxylic acids is 1. The van der Waals surface area contributed by atoms with Crippen molar-refractivity contribution in [2.75, 3.05) is 13.1 Å². The van der Waals surface area contributed by atoms with Crippen LogP contribution in [0.5, 0.6) is 0 Å². The molecule has 3 aromatic rings. The zero-order chi connectivity index (χ0) is 22.5. The van der Waals surface area contributed by atoms with Gasteiger partial charge in [-0.3, -0.25) is 9.58 Å². The van der Waals surface area contributed by atoms with Gasteiger partial charge in [-0.25, -0.2) is 9.18 Å². The number of aryl methyl sites for hydroxylation is 1. The van der Waals surface area contributed by atoms with Crippen LogP contribution in [0.4, 0.5) is 17.6 Å². The van der Waals surface area contributed by atoms with Crippen molar-refractivity contribution in [1.82, 2.24) is 14.7 Å². The first kappa shape index (κ1) is 21.6. The Labute approximate surface area is 179 Å². The topological polar surface area (TPSA) is 58.4 Å². The van der Waals surface area contributed by atoms with Crippen molar-refractivity contribution in [3.8, 4) is 0 Å². The fourth-order valence-corrected chi connectivity index (χ4v) is 4.27. The number of carbonyl (C=O) groups is 1. The summed E-state index contributed by atoms with van der Waals surface area (Å²) in [6.07, 6.45) is -3.89. The van der Waals surface area contributed by atoms with Gasteiger partial charge < -0.3 is 5.11 Å². The fourth-order valence-electron chi connectivity index (χ4n) is 4.10. The van der Waals surface area contributed by atoms with Crippen LogP contribution in [0.2, 0.25) is 5.02 Å². The Kier molecular flexibility index (Phi) is 5.43. The molecule has 1 aliphatic heterocycles. The van der Waals surface area contributed by atoms with E-state index in [4.69, 9.17) is 16.7 Å². The maximum atomic E-state index is 14.2. The van der Waals surface area contributed by atoms with Crippen LogP contribution in [0.15, 0.2) is 30.3 Å². The summed E-state index contributed by atoms with van der Waals surface area (Å²) in [7, 11) is 0. The molecular formula is C21H18ClF4N3O2. The van der Waals surface area contributed by atoms with Crippen molar-refractivity contribution in [1.29, 1.82) is 0 Å². The van der Waals surface area contributed by atoms with Gasteiger partial charge in [0.05, 0.1) is 28.4 Å². The molecule has 1 saturated heterocycles. The fraction of sp³-hybridized carbons (Fsp3) is 0.333. The molecule has 164 valence electrons. The van der Waals surface area contributed by atoms with Crippen LogP contribution in [-0.2, 0) is 12.7 Å². The number of hydrogen-bond acceptors (Lipinski definition) is 3. The van der Waals surface area contributed by atoms with Crippen molar-refractivity contribution in [3.05, 3.63) is 63.6 Å². The molecule has 5 nitrogen and oxygen atoms in total. The quantitative estimate of drug-likeness (QED) is 0.542. The molecule has 1 fully saturated rings. The molecule has 4 rings (SSSR count). The molecule has 1 aromatic heterocycles. The number of halogens is 5. The first-order valence-electron chi connectivity index (χ1n) is 9.54. The highest BCUT2D eigenvalue weighted by atomic mass is 35.5. The SMILES string of the molecule is Cc1nn([C@@H]2CCN(Cc3ccc(Cl)cc3C(F)(F)F)C2)c2cc(F)c(C(=O)O)cc12. The molecule has 1 aliphatic rings. The minimum absolute atomic E-state index is 0.0246. The molecule has 0 saturated carbocycles. The van der Waals surface area contributed by atoms with Gasteiger partial charge in [-0.2, -0.15) is 18.3 Å². The summed E-state index contributed by atoms with van der Waals surface area (Å²) >= 11 is 5.75. The monoisotopic (exact) mass is 455 g/mol. The largest absolute Gasteiger partial charge is 0.478 e. The molecule has 0 unspecified atom stereocenters. The molecule has 0 radical (unpaired) electrons. The number of nitrogens with zero attached hydrogens (tertiary/aromatic N) is 3. The summed E-state index contributed by atoms with van der Waals surface area (Å²) in [5, 5.41) is 14.2. The minimum atomic E-state index is -4.51. The van der Waals surface area contributed by atoms with E-state index in [1.165, 1.54) is 18.2 Å². The van der Waals surface area contributed by atoms with Crippen molar-refractivity contribution in [2.45, 2.75) is 32.1 Å². The molecule has 0 spiro atoms. The molecule has 2 aromatic carbocycles.